The lowest BCUT2D eigenvalue weighted by Crippen LogP contribution is -2.60. The molecule has 0 radical (unpaired) electrons. The zero-order chi connectivity index (χ0) is 10.8. The number of hydrogen-bond donors (Lipinski definition) is 1. The summed E-state index contributed by atoms with van der Waals surface area (Å²) >= 11 is 0. The van der Waals surface area contributed by atoms with Gasteiger partial charge >= 0.3 is 5.97 Å². The summed E-state index contributed by atoms with van der Waals surface area (Å²) in [5.74, 6) is 1.57. The second-order valence-corrected chi connectivity index (χ2v) is 6.65. The number of carboxylic acid groups (broad SMARTS) is 1. The third-order valence-electron chi connectivity index (χ3n) is 5.84. The van der Waals surface area contributed by atoms with Crippen LogP contribution in [0, 0.1) is 28.6 Å². The smallest absolute Gasteiger partial charge is 0.310 e. The van der Waals surface area contributed by atoms with Gasteiger partial charge in [-0.1, -0.05) is 13.8 Å². The van der Waals surface area contributed by atoms with Crippen molar-refractivity contribution in [1.29, 1.82) is 0 Å². The highest BCUT2D eigenvalue weighted by molar-refractivity contribution is 5.76. The van der Waals surface area contributed by atoms with Crippen molar-refractivity contribution < 1.29 is 9.90 Å². The zero-order valence-corrected chi connectivity index (χ0v) is 9.62. The Bertz CT molecular complexity index is 304. The van der Waals surface area contributed by atoms with E-state index in [9.17, 15) is 9.90 Å². The first-order valence-corrected chi connectivity index (χ1v) is 6.19. The number of rotatable bonds is 1. The molecule has 4 bridgehead atoms. The second-order valence-electron chi connectivity index (χ2n) is 6.65. The summed E-state index contributed by atoms with van der Waals surface area (Å²) in [5, 5.41) is 9.61. The summed E-state index contributed by atoms with van der Waals surface area (Å²) in [7, 11) is 0. The molecule has 3 unspecified atom stereocenters. The molecule has 0 amide bonds. The molecule has 1 N–H and O–H groups in total. The van der Waals surface area contributed by atoms with Crippen LogP contribution in [0.3, 0.4) is 0 Å². The third kappa shape index (κ3) is 0.982. The summed E-state index contributed by atoms with van der Waals surface area (Å²) in [6, 6.07) is 0. The number of carboxylic acids is 1. The minimum atomic E-state index is -0.522. The Morgan fingerprint density at radius 2 is 1.67 bits per heavy atom. The van der Waals surface area contributed by atoms with Gasteiger partial charge in [0.25, 0.3) is 0 Å². The highest BCUT2D eigenvalue weighted by Gasteiger charge is 2.64. The van der Waals surface area contributed by atoms with Gasteiger partial charge in [-0.05, 0) is 55.3 Å². The average molecular weight is 208 g/mol. The van der Waals surface area contributed by atoms with Crippen LogP contribution >= 0.6 is 0 Å². The van der Waals surface area contributed by atoms with Gasteiger partial charge in [0.15, 0.2) is 0 Å². The van der Waals surface area contributed by atoms with Crippen molar-refractivity contribution in [2.75, 3.05) is 0 Å². The van der Waals surface area contributed by atoms with E-state index < -0.39 is 5.97 Å². The first-order valence-electron chi connectivity index (χ1n) is 6.19. The molecule has 4 aliphatic carbocycles. The molecule has 15 heavy (non-hydrogen) atoms. The lowest BCUT2D eigenvalue weighted by Gasteiger charge is -2.63. The molecule has 0 heterocycles. The molecule has 4 aliphatic rings. The fourth-order valence-electron chi connectivity index (χ4n) is 4.92. The van der Waals surface area contributed by atoms with Gasteiger partial charge in [-0.3, -0.25) is 4.79 Å². The molecule has 4 atom stereocenters. The van der Waals surface area contributed by atoms with Crippen LogP contribution in [0.4, 0.5) is 0 Å². The maximum atomic E-state index is 11.7. The summed E-state index contributed by atoms with van der Waals surface area (Å²) < 4.78 is 0. The van der Waals surface area contributed by atoms with Crippen molar-refractivity contribution in [2.24, 2.45) is 28.6 Å². The zero-order valence-electron chi connectivity index (χ0n) is 9.62. The van der Waals surface area contributed by atoms with Crippen molar-refractivity contribution in [2.45, 2.75) is 46.0 Å². The predicted molar refractivity (Wildman–Crippen MR) is 57.4 cm³/mol. The first kappa shape index (κ1) is 9.68. The van der Waals surface area contributed by atoms with Gasteiger partial charge in [0.2, 0.25) is 0 Å². The SMILES string of the molecule is CC1(C)C2CC3C[C@@H](C2)CC1(C(=O)O)C3. The number of aliphatic carboxylic acids is 1. The third-order valence-corrected chi connectivity index (χ3v) is 5.84. The fraction of sp³-hybridized carbons (Fsp3) is 0.923. The van der Waals surface area contributed by atoms with Crippen LogP contribution in [0.15, 0.2) is 0 Å². The van der Waals surface area contributed by atoms with Crippen LogP contribution in [-0.2, 0) is 4.79 Å². The summed E-state index contributed by atoms with van der Waals surface area (Å²) in [4.78, 5) is 11.7. The molecule has 0 aromatic rings. The Morgan fingerprint density at radius 3 is 2.13 bits per heavy atom. The van der Waals surface area contributed by atoms with Crippen molar-refractivity contribution in [3.63, 3.8) is 0 Å². The van der Waals surface area contributed by atoms with E-state index in [4.69, 9.17) is 0 Å². The van der Waals surface area contributed by atoms with Crippen LogP contribution in [0.2, 0.25) is 0 Å². The maximum absolute atomic E-state index is 11.7. The van der Waals surface area contributed by atoms with Crippen LogP contribution in [0.1, 0.15) is 46.0 Å². The maximum Gasteiger partial charge on any atom is 0.310 e. The first-order chi connectivity index (χ1) is 6.96. The van der Waals surface area contributed by atoms with E-state index >= 15 is 0 Å². The van der Waals surface area contributed by atoms with Gasteiger partial charge < -0.3 is 5.11 Å². The van der Waals surface area contributed by atoms with E-state index in [2.05, 4.69) is 13.8 Å². The van der Waals surface area contributed by atoms with Gasteiger partial charge in [-0.25, -0.2) is 0 Å². The van der Waals surface area contributed by atoms with Gasteiger partial charge in [0, 0.05) is 0 Å². The van der Waals surface area contributed by atoms with Crippen LogP contribution in [0.25, 0.3) is 0 Å². The molecule has 2 heteroatoms. The lowest BCUT2D eigenvalue weighted by atomic mass is 9.40. The van der Waals surface area contributed by atoms with Gasteiger partial charge in [0.05, 0.1) is 5.41 Å². The highest BCUT2D eigenvalue weighted by Crippen LogP contribution is 2.68. The van der Waals surface area contributed by atoms with Gasteiger partial charge in [0.1, 0.15) is 0 Å². The largest absolute Gasteiger partial charge is 0.481 e. The molecule has 0 aliphatic heterocycles. The van der Waals surface area contributed by atoms with E-state index in [1.54, 1.807) is 0 Å². The molecular weight excluding hydrogens is 188 g/mol. The number of hydrogen-bond acceptors (Lipinski definition) is 1. The Morgan fingerprint density at radius 1 is 1.13 bits per heavy atom. The normalized spacial score (nSPS) is 50.7. The monoisotopic (exact) mass is 208 g/mol. The molecule has 0 saturated heterocycles. The Labute approximate surface area is 91.1 Å². The van der Waals surface area contributed by atoms with Crippen LogP contribution in [-0.4, -0.2) is 11.1 Å². The molecule has 0 spiro atoms. The molecule has 4 fully saturated rings. The minimum Gasteiger partial charge on any atom is -0.481 e. The lowest BCUT2D eigenvalue weighted by molar-refractivity contribution is -0.196. The second kappa shape index (κ2) is 2.58. The summed E-state index contributed by atoms with van der Waals surface area (Å²) in [5.41, 5.74) is -0.367. The number of carbonyl (C=O) groups is 1. The minimum absolute atomic E-state index is 0.0201. The van der Waals surface area contributed by atoms with E-state index in [1.807, 2.05) is 0 Å². The molecule has 4 rings (SSSR count). The summed E-state index contributed by atoms with van der Waals surface area (Å²) in [6.45, 7) is 4.40. The van der Waals surface area contributed by atoms with Gasteiger partial charge in [-0.2, -0.15) is 0 Å². The van der Waals surface area contributed by atoms with E-state index in [0.717, 1.165) is 12.8 Å². The highest BCUT2D eigenvalue weighted by atomic mass is 16.4. The van der Waals surface area contributed by atoms with Crippen molar-refractivity contribution in [1.82, 2.24) is 0 Å². The van der Waals surface area contributed by atoms with Crippen LogP contribution < -0.4 is 0 Å². The van der Waals surface area contributed by atoms with Crippen molar-refractivity contribution >= 4 is 5.97 Å². The van der Waals surface area contributed by atoms with Crippen molar-refractivity contribution in [3.8, 4) is 0 Å². The molecule has 84 valence electrons. The standard InChI is InChI=1S/C13H20O2/c1-12(2)10-4-8-3-9(5-10)7-13(12,6-8)11(14)15/h8-10H,3-7H2,1-2H3,(H,14,15)/t8-,9?,10?,13?/m0/s1. The Kier molecular flexibility index (Phi) is 1.67. The van der Waals surface area contributed by atoms with E-state index in [-0.39, 0.29) is 10.8 Å². The van der Waals surface area contributed by atoms with Gasteiger partial charge in [-0.15, -0.1) is 0 Å². The van der Waals surface area contributed by atoms with Crippen LogP contribution in [0.5, 0.6) is 0 Å². The fourth-order valence-corrected chi connectivity index (χ4v) is 4.92. The molecule has 0 aromatic carbocycles. The summed E-state index contributed by atoms with van der Waals surface area (Å²) in [6.07, 6.45) is 5.78. The quantitative estimate of drug-likeness (QED) is 0.719. The van der Waals surface area contributed by atoms with E-state index in [0.29, 0.717) is 17.8 Å². The molecule has 2 nitrogen and oxygen atoms in total. The van der Waals surface area contributed by atoms with Crippen molar-refractivity contribution in [3.05, 3.63) is 0 Å². The Hall–Kier alpha value is -0.530. The molecule has 0 aromatic heterocycles. The molecule has 4 saturated carbocycles. The van der Waals surface area contributed by atoms with E-state index in [1.165, 1.54) is 19.3 Å². The predicted octanol–water partition coefficient (Wildman–Crippen LogP) is 2.92. The average Bonchev–Trinajstić information content (AvgIpc) is 2.13. The Balaban J connectivity index is 2.08. The molecular formula is C13H20O2. The topological polar surface area (TPSA) is 37.3 Å².